The van der Waals surface area contributed by atoms with Crippen LogP contribution in [0.4, 0.5) is 0 Å². The highest BCUT2D eigenvalue weighted by Gasteiger charge is 2.52. The van der Waals surface area contributed by atoms with E-state index in [1.165, 1.54) is 37.7 Å². The van der Waals surface area contributed by atoms with Gasteiger partial charge in [0.1, 0.15) is 11.5 Å². The summed E-state index contributed by atoms with van der Waals surface area (Å²) < 4.78 is 8.98. The summed E-state index contributed by atoms with van der Waals surface area (Å²) in [5, 5.41) is 3.60. The topological polar surface area (TPSA) is 35.0 Å². The number of benzene rings is 8. The Bertz CT molecular complexity index is 3150. The highest BCUT2D eigenvalue weighted by Crippen LogP contribution is 2.64. The number of ether oxygens (including phenoxy) is 1. The van der Waals surface area contributed by atoms with Crippen LogP contribution in [0.15, 0.2) is 182 Å². The molecule has 0 saturated heterocycles. The summed E-state index contributed by atoms with van der Waals surface area (Å²) in [6.45, 7) is 0. The molecule has 1 spiro atoms. The molecule has 3 nitrogen and oxygen atoms in total. The first-order valence-electron chi connectivity index (χ1n) is 18.7. The highest BCUT2D eigenvalue weighted by molar-refractivity contribution is 7.26. The van der Waals surface area contributed by atoms with Crippen molar-refractivity contribution in [3.8, 4) is 56.4 Å². The molecule has 256 valence electrons. The molecule has 2 aliphatic rings. The van der Waals surface area contributed by atoms with E-state index in [0.29, 0.717) is 0 Å². The molecule has 0 unspecified atom stereocenters. The molecular formula is C51H30N2OS. The Morgan fingerprint density at radius 2 is 1.05 bits per heavy atom. The van der Waals surface area contributed by atoms with E-state index in [9.17, 15) is 0 Å². The van der Waals surface area contributed by atoms with Gasteiger partial charge in [-0.3, -0.25) is 0 Å². The molecule has 0 N–H and O–H groups in total. The summed E-state index contributed by atoms with van der Waals surface area (Å²) in [5.41, 5.74) is 13.0. The smallest absolute Gasteiger partial charge is 0.161 e. The van der Waals surface area contributed by atoms with Crippen LogP contribution in [0.1, 0.15) is 22.3 Å². The van der Waals surface area contributed by atoms with Gasteiger partial charge in [-0.15, -0.1) is 11.3 Å². The predicted octanol–water partition coefficient (Wildman–Crippen LogP) is 13.5. The molecule has 1 aliphatic heterocycles. The van der Waals surface area contributed by atoms with Gasteiger partial charge in [0.25, 0.3) is 0 Å². The van der Waals surface area contributed by atoms with Crippen LogP contribution < -0.4 is 4.74 Å². The van der Waals surface area contributed by atoms with E-state index in [1.807, 2.05) is 0 Å². The Hall–Kier alpha value is -6.88. The monoisotopic (exact) mass is 718 g/mol. The Labute approximate surface area is 321 Å². The van der Waals surface area contributed by atoms with Crippen molar-refractivity contribution in [1.29, 1.82) is 0 Å². The first kappa shape index (κ1) is 30.6. The zero-order valence-corrected chi connectivity index (χ0v) is 30.3. The van der Waals surface area contributed by atoms with E-state index >= 15 is 0 Å². The van der Waals surface area contributed by atoms with Gasteiger partial charge in [0.05, 0.1) is 21.3 Å². The van der Waals surface area contributed by atoms with Gasteiger partial charge in [0, 0.05) is 32.3 Å². The third kappa shape index (κ3) is 4.20. The van der Waals surface area contributed by atoms with E-state index in [0.717, 1.165) is 72.0 Å². The van der Waals surface area contributed by atoms with E-state index in [4.69, 9.17) is 14.7 Å². The van der Waals surface area contributed by atoms with Crippen LogP contribution in [-0.4, -0.2) is 9.97 Å². The molecule has 12 rings (SSSR count). The van der Waals surface area contributed by atoms with Crippen molar-refractivity contribution in [1.82, 2.24) is 9.97 Å². The summed E-state index contributed by atoms with van der Waals surface area (Å²) in [5.74, 6) is 2.49. The van der Waals surface area contributed by atoms with Crippen molar-refractivity contribution in [2.45, 2.75) is 5.41 Å². The molecule has 0 radical (unpaired) electrons. The number of rotatable bonds is 3. The summed E-state index contributed by atoms with van der Waals surface area (Å²) in [6, 6.07) is 65.2. The minimum Gasteiger partial charge on any atom is -0.457 e. The van der Waals surface area contributed by atoms with Crippen LogP contribution in [0.5, 0.6) is 11.5 Å². The van der Waals surface area contributed by atoms with Crippen LogP contribution >= 0.6 is 11.3 Å². The second-order valence-electron chi connectivity index (χ2n) is 14.4. The second-order valence-corrected chi connectivity index (χ2v) is 15.4. The van der Waals surface area contributed by atoms with E-state index in [1.54, 1.807) is 11.3 Å². The number of thiophene rings is 1. The van der Waals surface area contributed by atoms with E-state index in [2.05, 4.69) is 182 Å². The van der Waals surface area contributed by atoms with Crippen molar-refractivity contribution in [2.75, 3.05) is 0 Å². The predicted molar refractivity (Wildman–Crippen MR) is 226 cm³/mol. The lowest BCUT2D eigenvalue weighted by atomic mass is 9.66. The number of hydrogen-bond donors (Lipinski definition) is 0. The normalized spacial score (nSPS) is 13.4. The summed E-state index contributed by atoms with van der Waals surface area (Å²) >= 11 is 1.76. The minimum atomic E-state index is -0.587. The first-order valence-corrected chi connectivity index (χ1v) is 19.5. The molecule has 4 heteroatoms. The van der Waals surface area contributed by atoms with Gasteiger partial charge in [0.2, 0.25) is 0 Å². The third-order valence-corrected chi connectivity index (χ3v) is 12.7. The second kappa shape index (κ2) is 11.6. The average molecular weight is 719 g/mol. The van der Waals surface area contributed by atoms with Crippen molar-refractivity contribution in [2.24, 2.45) is 0 Å². The number of para-hydroxylation sites is 2. The fourth-order valence-electron chi connectivity index (χ4n) is 9.35. The standard InChI is InChI=1S/C51H30N2OS/c1-2-16-32(17-3-1)47-49-48(37-21-8-13-28-44(37)55-49)53-50(52-47)36-20-7-6-19-34(36)35-22-14-25-40-46(35)45-33-18-5-4-15-31(33)29-30-41(45)51(40)38-23-9-11-26-42(38)54-43-27-12-10-24-39(43)51/h1-30H. The number of hydrogen-bond acceptors (Lipinski definition) is 4. The molecule has 55 heavy (non-hydrogen) atoms. The summed E-state index contributed by atoms with van der Waals surface area (Å²) in [6.07, 6.45) is 0. The molecule has 0 bridgehead atoms. The van der Waals surface area contributed by atoms with Crippen molar-refractivity contribution in [3.05, 3.63) is 204 Å². The molecule has 0 saturated carbocycles. The van der Waals surface area contributed by atoms with Gasteiger partial charge in [-0.25, -0.2) is 9.97 Å². The van der Waals surface area contributed by atoms with Gasteiger partial charge < -0.3 is 4.74 Å². The highest BCUT2D eigenvalue weighted by atomic mass is 32.1. The lowest BCUT2D eigenvalue weighted by Crippen LogP contribution is -2.32. The molecule has 3 heterocycles. The Morgan fingerprint density at radius 3 is 1.87 bits per heavy atom. The lowest BCUT2D eigenvalue weighted by Gasteiger charge is -2.39. The minimum absolute atomic E-state index is 0.587. The maximum absolute atomic E-state index is 6.66. The first-order chi connectivity index (χ1) is 27.3. The fourth-order valence-corrected chi connectivity index (χ4v) is 10.5. The zero-order valence-electron chi connectivity index (χ0n) is 29.5. The molecular weight excluding hydrogens is 689 g/mol. The van der Waals surface area contributed by atoms with Crippen LogP contribution in [-0.2, 0) is 5.41 Å². The molecule has 0 amide bonds. The largest absolute Gasteiger partial charge is 0.457 e. The third-order valence-electron chi connectivity index (χ3n) is 11.6. The van der Waals surface area contributed by atoms with Crippen LogP contribution in [0.3, 0.4) is 0 Å². The maximum Gasteiger partial charge on any atom is 0.161 e. The number of fused-ring (bicyclic) bond motifs is 14. The SMILES string of the molecule is c1ccc(-c2nc(-c3ccccc3-c3cccc4c3-c3c(ccc5ccccc35)C43c4ccccc4Oc4ccccc43)nc3c2sc2ccccc23)cc1. The molecule has 2 aromatic heterocycles. The summed E-state index contributed by atoms with van der Waals surface area (Å²) in [7, 11) is 0. The quantitative estimate of drug-likeness (QED) is 0.182. The van der Waals surface area contributed by atoms with E-state index in [-0.39, 0.29) is 0 Å². The van der Waals surface area contributed by atoms with Crippen molar-refractivity contribution < 1.29 is 4.74 Å². The van der Waals surface area contributed by atoms with Gasteiger partial charge >= 0.3 is 0 Å². The number of nitrogens with zero attached hydrogens (tertiary/aromatic N) is 2. The zero-order chi connectivity index (χ0) is 36.1. The van der Waals surface area contributed by atoms with Crippen LogP contribution in [0.2, 0.25) is 0 Å². The molecule has 0 atom stereocenters. The average Bonchev–Trinajstić information content (AvgIpc) is 3.78. The Balaban J connectivity index is 1.19. The van der Waals surface area contributed by atoms with Gasteiger partial charge in [0.15, 0.2) is 5.82 Å². The van der Waals surface area contributed by atoms with Gasteiger partial charge in [-0.1, -0.05) is 164 Å². The summed E-state index contributed by atoms with van der Waals surface area (Å²) in [4.78, 5) is 10.9. The van der Waals surface area contributed by atoms with Crippen molar-refractivity contribution >= 4 is 42.4 Å². The fraction of sp³-hybridized carbons (Fsp3) is 0.0196. The lowest BCUT2D eigenvalue weighted by molar-refractivity contribution is 0.436. The maximum atomic E-state index is 6.66. The van der Waals surface area contributed by atoms with Crippen LogP contribution in [0.25, 0.3) is 76.0 Å². The van der Waals surface area contributed by atoms with Crippen molar-refractivity contribution in [3.63, 3.8) is 0 Å². The molecule has 1 aliphatic carbocycles. The molecule has 10 aromatic rings. The van der Waals surface area contributed by atoms with Crippen LogP contribution in [0, 0.1) is 0 Å². The molecule has 0 fully saturated rings. The Morgan fingerprint density at radius 1 is 0.436 bits per heavy atom. The Kier molecular flexibility index (Phi) is 6.42. The number of aromatic nitrogens is 2. The molecule has 8 aromatic carbocycles. The van der Waals surface area contributed by atoms with Gasteiger partial charge in [-0.05, 0) is 62.4 Å². The van der Waals surface area contributed by atoms with Gasteiger partial charge in [-0.2, -0.15) is 0 Å². The van der Waals surface area contributed by atoms with E-state index < -0.39 is 5.41 Å².